The van der Waals surface area contributed by atoms with Gasteiger partial charge in [0.05, 0.1) is 5.69 Å². The van der Waals surface area contributed by atoms with Gasteiger partial charge >= 0.3 is 6.18 Å². The summed E-state index contributed by atoms with van der Waals surface area (Å²) in [5.74, 6) is -0.375. The van der Waals surface area contributed by atoms with E-state index >= 15 is 0 Å². The Morgan fingerprint density at radius 2 is 2.00 bits per heavy atom. The Kier molecular flexibility index (Phi) is 9.00. The van der Waals surface area contributed by atoms with Crippen LogP contribution in [0.25, 0.3) is 6.08 Å². The number of hydrogen-bond donors (Lipinski definition) is 3. The van der Waals surface area contributed by atoms with E-state index in [1.807, 2.05) is 13.8 Å². The van der Waals surface area contributed by atoms with Crippen molar-refractivity contribution < 1.29 is 26.7 Å². The lowest BCUT2D eigenvalue weighted by atomic mass is 10.1. The Labute approximate surface area is 193 Å². The molecule has 33 heavy (non-hydrogen) atoms. The molecule has 0 aliphatic heterocycles. The summed E-state index contributed by atoms with van der Waals surface area (Å²) in [7, 11) is 1.49. The Balaban J connectivity index is 2.11. The third-order valence-corrected chi connectivity index (χ3v) is 5.59. The number of rotatable bonds is 9. The summed E-state index contributed by atoms with van der Waals surface area (Å²) < 4.78 is 60.7. The van der Waals surface area contributed by atoms with Crippen molar-refractivity contribution in [2.75, 3.05) is 16.7 Å². The molecule has 1 amide bonds. The molecule has 1 heterocycles. The SMILES string of the molecule is CCC(C)Nc1nc(C(F)(F)F)ccc1C=CC(=O)NCc1ccc(N(C)S(=O)O)c(C)c1. The number of carbonyl (C=O) groups is 1. The highest BCUT2D eigenvalue weighted by Crippen LogP contribution is 2.30. The van der Waals surface area contributed by atoms with Crippen molar-refractivity contribution in [1.29, 1.82) is 0 Å². The highest BCUT2D eigenvalue weighted by Gasteiger charge is 2.33. The number of aryl methyl sites for hydroxylation is 1. The van der Waals surface area contributed by atoms with Crippen LogP contribution >= 0.6 is 0 Å². The first kappa shape index (κ1) is 26.3. The van der Waals surface area contributed by atoms with Crippen LogP contribution in [0.3, 0.4) is 0 Å². The molecule has 0 fully saturated rings. The molecule has 7 nitrogen and oxygen atoms in total. The van der Waals surface area contributed by atoms with Gasteiger partial charge in [0.2, 0.25) is 5.91 Å². The maximum absolute atomic E-state index is 13.0. The largest absolute Gasteiger partial charge is 0.433 e. The number of anilines is 2. The Morgan fingerprint density at radius 3 is 2.58 bits per heavy atom. The van der Waals surface area contributed by atoms with Crippen molar-refractivity contribution in [3.05, 3.63) is 58.8 Å². The first-order valence-corrected chi connectivity index (χ1v) is 11.2. The molecule has 2 unspecified atom stereocenters. The zero-order chi connectivity index (χ0) is 24.8. The van der Waals surface area contributed by atoms with Gasteiger partial charge in [-0.15, -0.1) is 0 Å². The van der Waals surface area contributed by atoms with Gasteiger partial charge in [0.15, 0.2) is 0 Å². The number of pyridine rings is 1. The fourth-order valence-electron chi connectivity index (χ4n) is 2.89. The van der Waals surface area contributed by atoms with E-state index in [0.29, 0.717) is 17.7 Å². The van der Waals surface area contributed by atoms with Crippen molar-refractivity contribution in [3.8, 4) is 0 Å². The summed E-state index contributed by atoms with van der Waals surface area (Å²) >= 11 is -2.14. The molecule has 0 radical (unpaired) electrons. The predicted molar refractivity (Wildman–Crippen MR) is 124 cm³/mol. The second-order valence-corrected chi connectivity index (χ2v) is 8.50. The zero-order valence-electron chi connectivity index (χ0n) is 18.7. The highest BCUT2D eigenvalue weighted by atomic mass is 32.2. The van der Waals surface area contributed by atoms with Crippen molar-refractivity contribution >= 4 is 34.8 Å². The molecule has 0 saturated heterocycles. The summed E-state index contributed by atoms with van der Waals surface area (Å²) in [6, 6.07) is 7.24. The molecule has 3 N–H and O–H groups in total. The molecule has 0 aliphatic carbocycles. The van der Waals surface area contributed by atoms with Gasteiger partial charge < -0.3 is 10.6 Å². The minimum absolute atomic E-state index is 0.0554. The van der Waals surface area contributed by atoms with Gasteiger partial charge in [0.1, 0.15) is 11.5 Å². The average molecular weight is 485 g/mol. The topological polar surface area (TPSA) is 94.6 Å². The van der Waals surface area contributed by atoms with E-state index in [1.54, 1.807) is 25.1 Å². The molecule has 1 aromatic carbocycles. The second kappa shape index (κ2) is 11.3. The number of alkyl halides is 3. The van der Waals surface area contributed by atoms with Crippen molar-refractivity contribution in [2.24, 2.45) is 0 Å². The summed E-state index contributed by atoms with van der Waals surface area (Å²) in [4.78, 5) is 15.9. The average Bonchev–Trinajstić information content (AvgIpc) is 2.75. The van der Waals surface area contributed by atoms with E-state index in [-0.39, 0.29) is 18.4 Å². The normalized spacial score (nSPS) is 13.6. The van der Waals surface area contributed by atoms with Gasteiger partial charge in [-0.25, -0.2) is 9.19 Å². The van der Waals surface area contributed by atoms with E-state index in [0.717, 1.165) is 17.2 Å². The number of amides is 1. The van der Waals surface area contributed by atoms with Crippen molar-refractivity contribution in [1.82, 2.24) is 10.3 Å². The Morgan fingerprint density at radius 1 is 1.30 bits per heavy atom. The molecular formula is C22H27F3N4O3S. The number of hydrogen-bond acceptors (Lipinski definition) is 4. The zero-order valence-corrected chi connectivity index (χ0v) is 19.5. The maximum atomic E-state index is 13.0. The van der Waals surface area contributed by atoms with Gasteiger partial charge in [0, 0.05) is 31.3 Å². The van der Waals surface area contributed by atoms with Gasteiger partial charge in [-0.3, -0.25) is 13.7 Å². The summed E-state index contributed by atoms with van der Waals surface area (Å²) in [5, 5.41) is 5.65. The molecule has 11 heteroatoms. The number of carbonyl (C=O) groups excluding carboxylic acids is 1. The van der Waals surface area contributed by atoms with Crippen LogP contribution in [-0.4, -0.2) is 32.7 Å². The lowest BCUT2D eigenvalue weighted by Crippen LogP contribution is -2.22. The Bertz CT molecular complexity index is 1040. The second-order valence-electron chi connectivity index (χ2n) is 7.49. The summed E-state index contributed by atoms with van der Waals surface area (Å²) in [6.45, 7) is 5.71. The van der Waals surface area contributed by atoms with E-state index in [1.165, 1.54) is 29.6 Å². The number of nitrogens with one attached hydrogen (secondary N) is 2. The van der Waals surface area contributed by atoms with Gasteiger partial charge in [0.25, 0.3) is 11.3 Å². The molecular weight excluding hydrogens is 457 g/mol. The van der Waals surface area contributed by atoms with E-state index in [4.69, 9.17) is 0 Å². The monoisotopic (exact) mass is 484 g/mol. The van der Waals surface area contributed by atoms with Crippen molar-refractivity contribution in [2.45, 2.75) is 46.0 Å². The molecule has 1 aromatic heterocycles. The van der Waals surface area contributed by atoms with Gasteiger partial charge in [-0.05, 0) is 55.7 Å². The standard InChI is InChI=1S/C22H27F3N4O3S/c1-5-15(3)27-21-17(7-10-19(28-21)22(23,24)25)8-11-20(30)26-13-16-6-9-18(14(2)12-16)29(4)33(31)32/h6-12,15H,5,13H2,1-4H3,(H,26,30)(H,27,28)(H,31,32). The first-order chi connectivity index (χ1) is 15.4. The maximum Gasteiger partial charge on any atom is 0.433 e. The lowest BCUT2D eigenvalue weighted by molar-refractivity contribution is -0.141. The smallest absolute Gasteiger partial charge is 0.367 e. The molecule has 2 rings (SSSR count). The first-order valence-electron chi connectivity index (χ1n) is 10.2. The molecule has 2 atom stereocenters. The molecule has 0 aliphatic rings. The highest BCUT2D eigenvalue weighted by molar-refractivity contribution is 7.80. The minimum atomic E-state index is -4.57. The van der Waals surface area contributed by atoms with Crippen LogP contribution in [0.2, 0.25) is 0 Å². The van der Waals surface area contributed by atoms with Crippen LogP contribution in [0.1, 0.15) is 42.7 Å². The molecule has 2 aromatic rings. The van der Waals surface area contributed by atoms with Gasteiger partial charge in [-0.2, -0.15) is 13.2 Å². The van der Waals surface area contributed by atoms with Crippen LogP contribution in [0.4, 0.5) is 24.7 Å². The molecule has 0 spiro atoms. The third kappa shape index (κ3) is 7.57. The molecule has 180 valence electrons. The van der Waals surface area contributed by atoms with Crippen LogP contribution in [-0.2, 0) is 28.8 Å². The number of halogens is 3. The summed E-state index contributed by atoms with van der Waals surface area (Å²) in [5.41, 5.74) is 1.48. The number of aromatic nitrogens is 1. The fraction of sp³-hybridized carbons (Fsp3) is 0.364. The van der Waals surface area contributed by atoms with Crippen molar-refractivity contribution in [3.63, 3.8) is 0 Å². The van der Waals surface area contributed by atoms with Crippen LogP contribution in [0.15, 0.2) is 36.4 Å². The van der Waals surface area contributed by atoms with Gasteiger partial charge in [-0.1, -0.05) is 19.1 Å². The Hall–Kier alpha value is -2.92. The quantitative estimate of drug-likeness (QED) is 0.359. The minimum Gasteiger partial charge on any atom is -0.367 e. The molecule has 0 bridgehead atoms. The molecule has 0 saturated carbocycles. The fourth-order valence-corrected chi connectivity index (χ4v) is 3.27. The number of nitrogens with zero attached hydrogens (tertiary/aromatic N) is 2. The van der Waals surface area contributed by atoms with E-state index < -0.39 is 29.0 Å². The third-order valence-electron chi connectivity index (χ3n) is 4.93. The van der Waals surface area contributed by atoms with Crippen LogP contribution < -0.4 is 14.9 Å². The van der Waals surface area contributed by atoms with Crippen LogP contribution in [0.5, 0.6) is 0 Å². The lowest BCUT2D eigenvalue weighted by Gasteiger charge is -2.17. The predicted octanol–water partition coefficient (Wildman–Crippen LogP) is 4.52. The van der Waals surface area contributed by atoms with Crippen LogP contribution in [0, 0.1) is 6.92 Å². The summed E-state index contributed by atoms with van der Waals surface area (Å²) in [6.07, 6.45) is -1.24. The van der Waals surface area contributed by atoms with E-state index in [9.17, 15) is 26.7 Å². The van der Waals surface area contributed by atoms with E-state index in [2.05, 4.69) is 15.6 Å². The number of benzene rings is 1.